The van der Waals surface area contributed by atoms with Crippen molar-refractivity contribution in [1.29, 1.82) is 0 Å². The number of furan rings is 1. The molecule has 1 aromatic rings. The molecule has 0 atom stereocenters. The first-order valence-corrected chi connectivity index (χ1v) is 8.92. The van der Waals surface area contributed by atoms with Crippen LogP contribution in [0.2, 0.25) is 0 Å². The first-order chi connectivity index (χ1) is 9.26. The highest BCUT2D eigenvalue weighted by Gasteiger charge is 2.35. The van der Waals surface area contributed by atoms with E-state index in [4.69, 9.17) is 4.42 Å². The van der Waals surface area contributed by atoms with E-state index in [-0.39, 0.29) is 15.0 Å². The molecule has 0 aliphatic carbocycles. The maximum absolute atomic E-state index is 12.7. The summed E-state index contributed by atoms with van der Waals surface area (Å²) in [6.07, 6.45) is 1.76. The lowest BCUT2D eigenvalue weighted by Gasteiger charge is -2.35. The molecule has 1 aliphatic rings. The van der Waals surface area contributed by atoms with Gasteiger partial charge >= 0.3 is 0 Å². The van der Waals surface area contributed by atoms with Crippen molar-refractivity contribution in [2.45, 2.75) is 38.1 Å². The summed E-state index contributed by atoms with van der Waals surface area (Å²) in [5, 5.41) is 2.94. The highest BCUT2D eigenvalue weighted by molar-refractivity contribution is 9.10. The van der Waals surface area contributed by atoms with Crippen LogP contribution in [-0.2, 0) is 16.6 Å². The second-order valence-electron chi connectivity index (χ2n) is 5.95. The zero-order chi connectivity index (χ0) is 15.0. The minimum atomic E-state index is -3.48. The Morgan fingerprint density at radius 2 is 2.00 bits per heavy atom. The van der Waals surface area contributed by atoms with E-state index >= 15 is 0 Å². The Morgan fingerprint density at radius 1 is 1.40 bits per heavy atom. The summed E-state index contributed by atoms with van der Waals surface area (Å²) in [4.78, 5) is 0.224. The second kappa shape index (κ2) is 5.79. The van der Waals surface area contributed by atoms with Gasteiger partial charge in [-0.25, -0.2) is 8.42 Å². The minimum Gasteiger partial charge on any atom is -0.452 e. The molecule has 2 rings (SSSR count). The first kappa shape index (κ1) is 16.0. The average molecular weight is 365 g/mol. The van der Waals surface area contributed by atoms with Gasteiger partial charge in [-0.2, -0.15) is 4.31 Å². The van der Waals surface area contributed by atoms with Gasteiger partial charge in [0.15, 0.2) is 4.67 Å². The molecule has 0 bridgehead atoms. The summed E-state index contributed by atoms with van der Waals surface area (Å²) in [5.74, 6) is 0.607. The Hall–Kier alpha value is -0.370. The predicted molar refractivity (Wildman–Crippen MR) is 80.9 cm³/mol. The van der Waals surface area contributed by atoms with Crippen LogP contribution in [0.3, 0.4) is 0 Å². The molecular formula is C13H21BrN2O3S. The molecule has 0 unspecified atom stereocenters. The number of nitrogens with one attached hydrogen (secondary N) is 1. The van der Waals surface area contributed by atoms with E-state index in [1.165, 1.54) is 0 Å². The number of sulfonamides is 1. The lowest BCUT2D eigenvalue weighted by molar-refractivity contribution is 0.195. The maximum atomic E-state index is 12.7. The van der Waals surface area contributed by atoms with Crippen molar-refractivity contribution in [3.8, 4) is 0 Å². The van der Waals surface area contributed by atoms with Gasteiger partial charge in [0.2, 0.25) is 10.0 Å². The van der Waals surface area contributed by atoms with Crippen LogP contribution in [0.4, 0.5) is 0 Å². The highest BCUT2D eigenvalue weighted by Crippen LogP contribution is 2.35. The Kier molecular flexibility index (Phi) is 4.63. The fourth-order valence-electron chi connectivity index (χ4n) is 2.31. The standard InChI is InChI=1S/C13H21BrN2O3S/c1-13(2)4-6-16(7-5-13)20(17,18)11-8-10(9-15-3)19-12(11)14/h8,15H,4-7,9H2,1-3H3. The molecule has 114 valence electrons. The van der Waals surface area contributed by atoms with Crippen molar-refractivity contribution in [2.75, 3.05) is 20.1 Å². The van der Waals surface area contributed by atoms with Gasteiger partial charge in [0.25, 0.3) is 0 Å². The van der Waals surface area contributed by atoms with Crippen molar-refractivity contribution in [3.63, 3.8) is 0 Å². The summed E-state index contributed by atoms with van der Waals surface area (Å²) in [6.45, 7) is 5.98. The Balaban J connectivity index is 2.22. The molecule has 0 radical (unpaired) electrons. The van der Waals surface area contributed by atoms with Crippen LogP contribution in [0, 0.1) is 5.41 Å². The van der Waals surface area contributed by atoms with Crippen LogP contribution in [0.15, 0.2) is 20.0 Å². The summed E-state index contributed by atoms with van der Waals surface area (Å²) in [5.41, 5.74) is 0.219. The zero-order valence-corrected chi connectivity index (χ0v) is 14.5. The minimum absolute atomic E-state index is 0.219. The van der Waals surface area contributed by atoms with Crippen LogP contribution >= 0.6 is 15.9 Å². The van der Waals surface area contributed by atoms with Gasteiger partial charge in [-0.15, -0.1) is 0 Å². The first-order valence-electron chi connectivity index (χ1n) is 6.69. The summed E-state index contributed by atoms with van der Waals surface area (Å²) >= 11 is 3.21. The molecular weight excluding hydrogens is 344 g/mol. The van der Waals surface area contributed by atoms with Crippen LogP contribution in [0.25, 0.3) is 0 Å². The molecule has 0 saturated carbocycles. The van der Waals surface area contributed by atoms with Crippen LogP contribution in [0.1, 0.15) is 32.4 Å². The van der Waals surface area contributed by atoms with E-state index in [0.717, 1.165) is 12.8 Å². The molecule has 20 heavy (non-hydrogen) atoms. The molecule has 1 aromatic heterocycles. The summed E-state index contributed by atoms with van der Waals surface area (Å²) < 4.78 is 32.6. The molecule has 1 saturated heterocycles. The predicted octanol–water partition coefficient (Wildman–Crippen LogP) is 2.57. The van der Waals surface area contributed by atoms with Gasteiger partial charge in [-0.1, -0.05) is 13.8 Å². The van der Waals surface area contributed by atoms with E-state index in [1.54, 1.807) is 17.4 Å². The SMILES string of the molecule is CNCc1cc(S(=O)(=O)N2CCC(C)(C)CC2)c(Br)o1. The summed E-state index contributed by atoms with van der Waals surface area (Å²) in [6, 6.07) is 1.59. The third kappa shape index (κ3) is 3.27. The van der Waals surface area contributed by atoms with Crippen molar-refractivity contribution < 1.29 is 12.8 Å². The number of rotatable bonds is 4. The third-order valence-electron chi connectivity index (χ3n) is 3.75. The van der Waals surface area contributed by atoms with Gasteiger partial charge in [-0.05, 0) is 41.2 Å². The molecule has 5 nitrogen and oxygen atoms in total. The topological polar surface area (TPSA) is 62.6 Å². The van der Waals surface area contributed by atoms with E-state index in [1.807, 2.05) is 0 Å². The van der Waals surface area contributed by atoms with E-state index < -0.39 is 10.0 Å². The third-order valence-corrected chi connectivity index (χ3v) is 6.51. The molecule has 0 spiro atoms. The number of piperidine rings is 1. The van der Waals surface area contributed by atoms with Crippen molar-refractivity contribution in [2.24, 2.45) is 5.41 Å². The average Bonchev–Trinajstić information content (AvgIpc) is 2.71. The quantitative estimate of drug-likeness (QED) is 0.891. The van der Waals surface area contributed by atoms with Gasteiger partial charge in [0.05, 0.1) is 6.54 Å². The molecule has 1 N–H and O–H groups in total. The molecule has 0 amide bonds. The monoisotopic (exact) mass is 364 g/mol. The van der Waals surface area contributed by atoms with Gasteiger partial charge in [0.1, 0.15) is 10.7 Å². The molecule has 1 aliphatic heterocycles. The number of hydrogen-bond donors (Lipinski definition) is 1. The molecule has 2 heterocycles. The fraction of sp³-hybridized carbons (Fsp3) is 0.692. The van der Waals surface area contributed by atoms with Gasteiger partial charge in [-0.3, -0.25) is 0 Å². The van der Waals surface area contributed by atoms with Gasteiger partial charge < -0.3 is 9.73 Å². The normalized spacial score (nSPS) is 20.2. The van der Waals surface area contributed by atoms with E-state index in [0.29, 0.717) is 25.4 Å². The maximum Gasteiger partial charge on any atom is 0.247 e. The van der Waals surface area contributed by atoms with E-state index in [2.05, 4.69) is 35.1 Å². The van der Waals surface area contributed by atoms with Crippen LogP contribution < -0.4 is 5.32 Å². The summed E-state index contributed by atoms with van der Waals surface area (Å²) in [7, 11) is -1.69. The second-order valence-corrected chi connectivity index (χ2v) is 8.58. The van der Waals surface area contributed by atoms with Crippen LogP contribution in [0.5, 0.6) is 0 Å². The highest BCUT2D eigenvalue weighted by atomic mass is 79.9. The Labute approximate surface area is 128 Å². The van der Waals surface area contributed by atoms with Crippen molar-refractivity contribution >= 4 is 26.0 Å². The lowest BCUT2D eigenvalue weighted by Crippen LogP contribution is -2.41. The van der Waals surface area contributed by atoms with Crippen molar-refractivity contribution in [3.05, 3.63) is 16.5 Å². The number of hydrogen-bond acceptors (Lipinski definition) is 4. The van der Waals surface area contributed by atoms with Crippen LogP contribution in [-0.4, -0.2) is 32.9 Å². The fourth-order valence-corrected chi connectivity index (χ4v) is 4.71. The van der Waals surface area contributed by atoms with Gasteiger partial charge in [0, 0.05) is 19.2 Å². The Morgan fingerprint density at radius 3 is 2.55 bits per heavy atom. The lowest BCUT2D eigenvalue weighted by atomic mass is 9.83. The number of halogens is 1. The number of nitrogens with zero attached hydrogens (tertiary/aromatic N) is 1. The molecule has 1 fully saturated rings. The smallest absolute Gasteiger partial charge is 0.247 e. The van der Waals surface area contributed by atoms with E-state index in [9.17, 15) is 8.42 Å². The Bertz CT molecular complexity index is 570. The molecule has 0 aromatic carbocycles. The zero-order valence-electron chi connectivity index (χ0n) is 12.1. The van der Waals surface area contributed by atoms with Crippen molar-refractivity contribution in [1.82, 2.24) is 9.62 Å². The largest absolute Gasteiger partial charge is 0.452 e. The molecule has 7 heteroatoms.